The van der Waals surface area contributed by atoms with Gasteiger partial charge in [-0.05, 0) is 36.8 Å². The average Bonchev–Trinajstić information content (AvgIpc) is 2.15. The second-order valence-corrected chi connectivity index (χ2v) is 2.62. The summed E-state index contributed by atoms with van der Waals surface area (Å²) >= 11 is 0. The van der Waals surface area contributed by atoms with Crippen LogP contribution in [0.25, 0.3) is 0 Å². The van der Waals surface area contributed by atoms with Crippen LogP contribution in [0.4, 0.5) is 4.39 Å². The third-order valence-corrected chi connectivity index (χ3v) is 1.63. The number of halogens is 1. The molecule has 13 heavy (non-hydrogen) atoms. The number of benzene rings is 1. The summed E-state index contributed by atoms with van der Waals surface area (Å²) in [6, 6.07) is 5.74. The van der Waals surface area contributed by atoms with Crippen molar-refractivity contribution >= 4 is 0 Å². The Labute approximate surface area is 76.8 Å². The molecule has 0 radical (unpaired) electrons. The van der Waals surface area contributed by atoms with Gasteiger partial charge in [0.2, 0.25) is 0 Å². The summed E-state index contributed by atoms with van der Waals surface area (Å²) in [7, 11) is 0. The maximum absolute atomic E-state index is 12.5. The normalized spacial score (nSPS) is 11.6. The van der Waals surface area contributed by atoms with Crippen molar-refractivity contribution in [1.29, 1.82) is 0 Å². The van der Waals surface area contributed by atoms with Gasteiger partial charge in [0, 0.05) is 0 Å². The van der Waals surface area contributed by atoms with Gasteiger partial charge >= 0.3 is 0 Å². The van der Waals surface area contributed by atoms with Gasteiger partial charge in [-0.15, -0.1) is 5.73 Å². The highest BCUT2D eigenvalue weighted by Crippen LogP contribution is 2.13. The summed E-state index contributed by atoms with van der Waals surface area (Å²) in [5, 5.41) is 9.48. The van der Waals surface area contributed by atoms with Gasteiger partial charge in [0.25, 0.3) is 0 Å². The Bertz CT molecular complexity index is 320. The Hall–Kier alpha value is -1.37. The van der Waals surface area contributed by atoms with E-state index in [1.807, 2.05) is 6.92 Å². The molecule has 1 aromatic rings. The zero-order valence-corrected chi connectivity index (χ0v) is 7.37. The van der Waals surface area contributed by atoms with Crippen molar-refractivity contribution in [1.82, 2.24) is 0 Å². The maximum atomic E-state index is 12.5. The molecular formula is C11H11FO. The molecule has 1 N–H and O–H groups in total. The quantitative estimate of drug-likeness (QED) is 0.690. The first-order valence-corrected chi connectivity index (χ1v) is 4.05. The lowest BCUT2D eigenvalue weighted by molar-refractivity contribution is 0.229. The number of rotatable bonds is 2. The molecule has 0 bridgehead atoms. The fourth-order valence-corrected chi connectivity index (χ4v) is 0.944. The molecule has 0 amide bonds. The van der Waals surface area contributed by atoms with Crippen LogP contribution in [0.5, 0.6) is 0 Å². The first-order chi connectivity index (χ1) is 6.24. The Balaban J connectivity index is 2.83. The van der Waals surface area contributed by atoms with Gasteiger partial charge in [0.1, 0.15) is 11.9 Å². The predicted octanol–water partition coefficient (Wildman–Crippen LogP) is 2.59. The molecule has 1 nitrogen and oxygen atoms in total. The Morgan fingerprint density at radius 3 is 2.54 bits per heavy atom. The van der Waals surface area contributed by atoms with E-state index in [1.165, 1.54) is 18.2 Å². The Kier molecular flexibility index (Phi) is 3.44. The van der Waals surface area contributed by atoms with E-state index in [4.69, 9.17) is 0 Å². The molecule has 0 aromatic heterocycles. The minimum absolute atomic E-state index is 0.300. The summed E-state index contributed by atoms with van der Waals surface area (Å²) in [5.41, 5.74) is 3.43. The fourth-order valence-electron chi connectivity index (χ4n) is 0.944. The van der Waals surface area contributed by atoms with E-state index in [9.17, 15) is 9.50 Å². The SMILES string of the molecule is CC=C=CC(O)c1ccc(F)cc1. The second-order valence-electron chi connectivity index (χ2n) is 2.62. The zero-order chi connectivity index (χ0) is 9.68. The van der Waals surface area contributed by atoms with Gasteiger partial charge < -0.3 is 5.11 Å². The second kappa shape index (κ2) is 4.61. The van der Waals surface area contributed by atoms with E-state index < -0.39 is 6.10 Å². The van der Waals surface area contributed by atoms with E-state index >= 15 is 0 Å². The van der Waals surface area contributed by atoms with Gasteiger partial charge in [-0.25, -0.2) is 4.39 Å². The van der Waals surface area contributed by atoms with E-state index in [1.54, 1.807) is 18.2 Å². The first-order valence-electron chi connectivity index (χ1n) is 4.05. The molecular weight excluding hydrogens is 167 g/mol. The largest absolute Gasteiger partial charge is 0.384 e. The fraction of sp³-hybridized carbons (Fsp3) is 0.182. The summed E-state index contributed by atoms with van der Waals surface area (Å²) in [6.45, 7) is 1.81. The molecule has 0 fully saturated rings. The van der Waals surface area contributed by atoms with Crippen LogP contribution in [0.3, 0.4) is 0 Å². The molecule has 0 saturated heterocycles. The van der Waals surface area contributed by atoms with Crippen LogP contribution >= 0.6 is 0 Å². The zero-order valence-electron chi connectivity index (χ0n) is 7.37. The van der Waals surface area contributed by atoms with Crippen molar-refractivity contribution in [3.05, 3.63) is 53.5 Å². The van der Waals surface area contributed by atoms with Crippen molar-refractivity contribution in [3.8, 4) is 0 Å². The highest BCUT2D eigenvalue weighted by atomic mass is 19.1. The first kappa shape index (κ1) is 9.72. The predicted molar refractivity (Wildman–Crippen MR) is 49.7 cm³/mol. The van der Waals surface area contributed by atoms with Crippen LogP contribution in [-0.2, 0) is 0 Å². The van der Waals surface area contributed by atoms with Gasteiger partial charge in [-0.3, -0.25) is 0 Å². The molecule has 1 aromatic carbocycles. The Morgan fingerprint density at radius 1 is 1.38 bits per heavy atom. The number of aliphatic hydroxyl groups is 1. The summed E-state index contributed by atoms with van der Waals surface area (Å²) in [4.78, 5) is 0. The van der Waals surface area contributed by atoms with Gasteiger partial charge in [-0.2, -0.15) is 0 Å². The minimum Gasteiger partial charge on any atom is -0.384 e. The molecule has 2 heteroatoms. The van der Waals surface area contributed by atoms with Crippen LogP contribution < -0.4 is 0 Å². The molecule has 1 unspecified atom stereocenters. The maximum Gasteiger partial charge on any atom is 0.123 e. The molecule has 0 aliphatic rings. The van der Waals surface area contributed by atoms with E-state index in [0.717, 1.165) is 0 Å². The molecule has 0 saturated carbocycles. The van der Waals surface area contributed by atoms with Gasteiger partial charge in [0.05, 0.1) is 0 Å². The van der Waals surface area contributed by atoms with E-state index in [-0.39, 0.29) is 5.82 Å². The third-order valence-electron chi connectivity index (χ3n) is 1.63. The average molecular weight is 178 g/mol. The lowest BCUT2D eigenvalue weighted by Crippen LogP contribution is -1.91. The standard InChI is InChI=1S/C11H11FO/c1-2-3-4-11(13)9-5-7-10(12)8-6-9/h2,4-8,11,13H,1H3. The molecule has 1 atom stereocenters. The lowest BCUT2D eigenvalue weighted by Gasteiger charge is -2.03. The Morgan fingerprint density at radius 2 is 2.00 bits per heavy atom. The third kappa shape index (κ3) is 2.86. The lowest BCUT2D eigenvalue weighted by atomic mass is 10.1. The van der Waals surface area contributed by atoms with Crippen LogP contribution in [0.2, 0.25) is 0 Å². The summed E-state index contributed by atoms with van der Waals surface area (Å²) in [5.74, 6) is -0.300. The highest BCUT2D eigenvalue weighted by Gasteiger charge is 2.01. The van der Waals surface area contributed by atoms with Crippen molar-refractivity contribution in [2.45, 2.75) is 13.0 Å². The molecule has 0 spiro atoms. The van der Waals surface area contributed by atoms with Crippen LogP contribution in [0.1, 0.15) is 18.6 Å². The smallest absolute Gasteiger partial charge is 0.123 e. The molecule has 0 heterocycles. The van der Waals surface area contributed by atoms with Crippen LogP contribution in [-0.4, -0.2) is 5.11 Å². The topological polar surface area (TPSA) is 20.2 Å². The summed E-state index contributed by atoms with van der Waals surface area (Å²) < 4.78 is 12.5. The number of hydrogen-bond acceptors (Lipinski definition) is 1. The van der Waals surface area contributed by atoms with Crippen molar-refractivity contribution in [3.63, 3.8) is 0 Å². The minimum atomic E-state index is -0.711. The van der Waals surface area contributed by atoms with E-state index in [0.29, 0.717) is 5.56 Å². The molecule has 0 aliphatic heterocycles. The molecule has 0 aliphatic carbocycles. The molecule has 1 rings (SSSR count). The highest BCUT2D eigenvalue weighted by molar-refractivity contribution is 5.21. The monoisotopic (exact) mass is 178 g/mol. The van der Waals surface area contributed by atoms with E-state index in [2.05, 4.69) is 5.73 Å². The van der Waals surface area contributed by atoms with Crippen molar-refractivity contribution < 1.29 is 9.50 Å². The number of aliphatic hydroxyl groups excluding tert-OH is 1. The van der Waals surface area contributed by atoms with Gasteiger partial charge in [-0.1, -0.05) is 12.1 Å². The van der Waals surface area contributed by atoms with Crippen LogP contribution in [0.15, 0.2) is 42.1 Å². The van der Waals surface area contributed by atoms with Crippen molar-refractivity contribution in [2.24, 2.45) is 0 Å². The van der Waals surface area contributed by atoms with Gasteiger partial charge in [0.15, 0.2) is 0 Å². The van der Waals surface area contributed by atoms with Crippen molar-refractivity contribution in [2.75, 3.05) is 0 Å². The molecule has 68 valence electrons. The van der Waals surface area contributed by atoms with Crippen LogP contribution in [0, 0.1) is 5.82 Å². The summed E-state index contributed by atoms with van der Waals surface area (Å²) in [6.07, 6.45) is 2.51. The number of hydrogen-bond donors (Lipinski definition) is 1.